The molecular formula is C15H15BrN2O. The molecule has 1 aromatic carbocycles. The van der Waals surface area contributed by atoms with Crippen LogP contribution in [0.2, 0.25) is 0 Å². The van der Waals surface area contributed by atoms with Crippen molar-refractivity contribution in [2.75, 3.05) is 0 Å². The Morgan fingerprint density at radius 3 is 2.58 bits per heavy atom. The van der Waals surface area contributed by atoms with Crippen molar-refractivity contribution in [3.63, 3.8) is 0 Å². The Morgan fingerprint density at radius 2 is 1.95 bits per heavy atom. The Kier molecular flexibility index (Phi) is 3.53. The van der Waals surface area contributed by atoms with Gasteiger partial charge in [-0.15, -0.1) is 0 Å². The molecule has 0 amide bonds. The average Bonchev–Trinajstić information content (AvgIpc) is 3.23. The Bertz CT molecular complexity index is 567. The molecule has 1 heterocycles. The number of nitrogens with two attached hydrogens (primary N) is 1. The minimum absolute atomic E-state index is 0.231. The van der Waals surface area contributed by atoms with Crippen LogP contribution >= 0.6 is 15.9 Å². The normalized spacial score (nSPS) is 16.1. The van der Waals surface area contributed by atoms with Crippen molar-refractivity contribution in [2.24, 2.45) is 5.73 Å². The maximum Gasteiger partial charge on any atom is 0.119 e. The third kappa shape index (κ3) is 2.96. The van der Waals surface area contributed by atoms with E-state index in [2.05, 4.69) is 20.9 Å². The van der Waals surface area contributed by atoms with Crippen molar-refractivity contribution in [1.82, 2.24) is 4.98 Å². The fourth-order valence-electron chi connectivity index (χ4n) is 1.92. The molecule has 2 N–H and O–H groups in total. The van der Waals surface area contributed by atoms with E-state index in [4.69, 9.17) is 10.5 Å². The number of hydrogen-bond acceptors (Lipinski definition) is 3. The highest BCUT2D eigenvalue weighted by Crippen LogP contribution is 2.29. The van der Waals surface area contributed by atoms with Gasteiger partial charge in [0.05, 0.1) is 17.8 Å². The maximum atomic E-state index is 6.25. The lowest BCUT2D eigenvalue weighted by molar-refractivity contribution is 0.303. The van der Waals surface area contributed by atoms with E-state index in [1.165, 1.54) is 12.8 Å². The predicted octanol–water partition coefficient (Wildman–Crippen LogP) is 3.43. The van der Waals surface area contributed by atoms with Gasteiger partial charge in [0.15, 0.2) is 0 Å². The first-order chi connectivity index (χ1) is 9.24. The molecule has 1 aliphatic carbocycles. The third-order valence-corrected chi connectivity index (χ3v) is 3.82. The monoisotopic (exact) mass is 318 g/mol. The first-order valence-electron chi connectivity index (χ1n) is 6.36. The zero-order chi connectivity index (χ0) is 13.2. The number of pyridine rings is 1. The van der Waals surface area contributed by atoms with Gasteiger partial charge >= 0.3 is 0 Å². The van der Waals surface area contributed by atoms with E-state index in [0.29, 0.717) is 6.10 Å². The summed E-state index contributed by atoms with van der Waals surface area (Å²) in [4.78, 5) is 4.33. The van der Waals surface area contributed by atoms with Crippen LogP contribution in [-0.4, -0.2) is 11.1 Å². The van der Waals surface area contributed by atoms with Gasteiger partial charge in [-0.05, 0) is 58.6 Å². The van der Waals surface area contributed by atoms with Crippen LogP contribution in [0.5, 0.6) is 5.75 Å². The number of nitrogens with zero attached hydrogens (tertiary/aromatic N) is 1. The lowest BCUT2D eigenvalue weighted by Gasteiger charge is -2.13. The second kappa shape index (κ2) is 5.31. The highest BCUT2D eigenvalue weighted by atomic mass is 79.9. The molecule has 1 atom stereocenters. The van der Waals surface area contributed by atoms with E-state index < -0.39 is 0 Å². The summed E-state index contributed by atoms with van der Waals surface area (Å²) >= 11 is 3.48. The van der Waals surface area contributed by atoms with Crippen LogP contribution in [0.4, 0.5) is 0 Å². The van der Waals surface area contributed by atoms with Gasteiger partial charge in [0.25, 0.3) is 0 Å². The fraction of sp³-hybridized carbons (Fsp3) is 0.267. The molecule has 0 radical (unpaired) electrons. The first-order valence-corrected chi connectivity index (χ1v) is 7.16. The van der Waals surface area contributed by atoms with Crippen molar-refractivity contribution >= 4 is 15.9 Å². The molecule has 1 aliphatic rings. The van der Waals surface area contributed by atoms with Crippen LogP contribution in [-0.2, 0) is 0 Å². The predicted molar refractivity (Wildman–Crippen MR) is 78.1 cm³/mol. The SMILES string of the molecule is NC(c1ccc(OC2CC2)cc1)c1ncccc1Br. The molecule has 1 fully saturated rings. The zero-order valence-electron chi connectivity index (χ0n) is 10.4. The van der Waals surface area contributed by atoms with E-state index in [1.807, 2.05) is 36.4 Å². The van der Waals surface area contributed by atoms with E-state index in [9.17, 15) is 0 Å². The molecule has 1 aromatic heterocycles. The van der Waals surface area contributed by atoms with Gasteiger partial charge in [-0.1, -0.05) is 12.1 Å². The number of hydrogen-bond donors (Lipinski definition) is 1. The molecule has 0 bridgehead atoms. The smallest absolute Gasteiger partial charge is 0.119 e. The summed E-state index contributed by atoms with van der Waals surface area (Å²) < 4.78 is 6.66. The Hall–Kier alpha value is -1.39. The van der Waals surface area contributed by atoms with Crippen LogP contribution in [0.3, 0.4) is 0 Å². The topological polar surface area (TPSA) is 48.1 Å². The van der Waals surface area contributed by atoms with Crippen LogP contribution in [0.15, 0.2) is 47.1 Å². The van der Waals surface area contributed by atoms with Crippen molar-refractivity contribution in [3.05, 3.63) is 58.3 Å². The Labute approximate surface area is 120 Å². The average molecular weight is 319 g/mol. The summed E-state index contributed by atoms with van der Waals surface area (Å²) in [5.41, 5.74) is 8.12. The lowest BCUT2D eigenvalue weighted by atomic mass is 10.0. The summed E-state index contributed by atoms with van der Waals surface area (Å²) in [6.07, 6.45) is 4.51. The molecule has 1 unspecified atom stereocenters. The van der Waals surface area contributed by atoms with E-state index >= 15 is 0 Å². The molecule has 2 aromatic rings. The van der Waals surface area contributed by atoms with Gasteiger partial charge in [-0.2, -0.15) is 0 Å². The van der Waals surface area contributed by atoms with Crippen molar-refractivity contribution in [2.45, 2.75) is 25.0 Å². The fourth-order valence-corrected chi connectivity index (χ4v) is 2.42. The number of benzene rings is 1. The van der Waals surface area contributed by atoms with Crippen LogP contribution in [0.25, 0.3) is 0 Å². The number of halogens is 1. The quantitative estimate of drug-likeness (QED) is 0.939. The lowest BCUT2D eigenvalue weighted by Crippen LogP contribution is -2.14. The van der Waals surface area contributed by atoms with Gasteiger partial charge in [0.2, 0.25) is 0 Å². The molecule has 0 saturated heterocycles. The summed E-state index contributed by atoms with van der Waals surface area (Å²) in [5, 5.41) is 0. The number of aromatic nitrogens is 1. The maximum absolute atomic E-state index is 6.25. The Balaban J connectivity index is 1.79. The van der Waals surface area contributed by atoms with Gasteiger partial charge in [-0.3, -0.25) is 4.98 Å². The van der Waals surface area contributed by atoms with Gasteiger partial charge in [0.1, 0.15) is 5.75 Å². The molecule has 3 nitrogen and oxygen atoms in total. The minimum Gasteiger partial charge on any atom is -0.490 e. The largest absolute Gasteiger partial charge is 0.490 e. The summed E-state index contributed by atoms with van der Waals surface area (Å²) in [5.74, 6) is 0.915. The van der Waals surface area contributed by atoms with Crippen molar-refractivity contribution in [3.8, 4) is 5.75 Å². The molecule has 1 saturated carbocycles. The molecule has 0 spiro atoms. The number of rotatable bonds is 4. The molecule has 0 aliphatic heterocycles. The minimum atomic E-state index is -0.231. The van der Waals surface area contributed by atoms with Crippen LogP contribution in [0.1, 0.15) is 30.1 Å². The number of ether oxygens (including phenoxy) is 1. The van der Waals surface area contributed by atoms with Crippen molar-refractivity contribution in [1.29, 1.82) is 0 Å². The van der Waals surface area contributed by atoms with E-state index in [1.54, 1.807) is 6.20 Å². The van der Waals surface area contributed by atoms with E-state index in [0.717, 1.165) is 21.5 Å². The van der Waals surface area contributed by atoms with Crippen LogP contribution < -0.4 is 10.5 Å². The second-order valence-corrected chi connectivity index (χ2v) is 5.59. The van der Waals surface area contributed by atoms with Gasteiger partial charge in [-0.25, -0.2) is 0 Å². The second-order valence-electron chi connectivity index (χ2n) is 4.73. The van der Waals surface area contributed by atoms with Gasteiger partial charge in [0, 0.05) is 10.7 Å². The molecule has 4 heteroatoms. The highest BCUT2D eigenvalue weighted by molar-refractivity contribution is 9.10. The van der Waals surface area contributed by atoms with Crippen molar-refractivity contribution < 1.29 is 4.74 Å². The third-order valence-electron chi connectivity index (χ3n) is 3.15. The highest BCUT2D eigenvalue weighted by Gasteiger charge is 2.23. The summed E-state index contributed by atoms with van der Waals surface area (Å²) in [6.45, 7) is 0. The standard InChI is InChI=1S/C15H15BrN2O/c16-13-2-1-9-18-15(13)14(17)10-3-5-11(6-4-10)19-12-7-8-12/h1-6,9,12,14H,7-8,17H2. The van der Waals surface area contributed by atoms with E-state index in [-0.39, 0.29) is 6.04 Å². The zero-order valence-corrected chi connectivity index (χ0v) is 12.0. The molecule has 98 valence electrons. The Morgan fingerprint density at radius 1 is 1.21 bits per heavy atom. The molecular weight excluding hydrogens is 304 g/mol. The summed E-state index contributed by atoms with van der Waals surface area (Å²) in [6, 6.07) is 11.6. The molecule has 3 rings (SSSR count). The van der Waals surface area contributed by atoms with Gasteiger partial charge < -0.3 is 10.5 Å². The molecule has 19 heavy (non-hydrogen) atoms. The first kappa shape index (κ1) is 12.6. The summed E-state index contributed by atoms with van der Waals surface area (Å²) in [7, 11) is 0. The van der Waals surface area contributed by atoms with Crippen LogP contribution in [0, 0.1) is 0 Å².